The fourth-order valence-corrected chi connectivity index (χ4v) is 1.63. The average Bonchev–Trinajstić information content (AvgIpc) is 3.09. The van der Waals surface area contributed by atoms with Crippen molar-refractivity contribution in [1.29, 1.82) is 0 Å². The molecule has 0 aromatic heterocycles. The molecule has 2 aliphatic rings. The monoisotopic (exact) mass is 216 g/mol. The van der Waals surface area contributed by atoms with Gasteiger partial charge < -0.3 is 18.9 Å². The lowest BCUT2D eigenvalue weighted by Gasteiger charge is -2.22. The first-order valence-electron chi connectivity index (χ1n) is 5.88. The summed E-state index contributed by atoms with van der Waals surface area (Å²) in [6.07, 6.45) is 4.89. The Morgan fingerprint density at radius 3 is 2.73 bits per heavy atom. The summed E-state index contributed by atoms with van der Waals surface area (Å²) >= 11 is 0. The molecule has 2 unspecified atom stereocenters. The smallest absolute Gasteiger partial charge is 0.157 e. The standard InChI is InChI=1S/C11H20O4/c1-2-5-13-11(3-1)14-8-7-12-6-4-10-9-15-10/h10-11H,1-9H2. The van der Waals surface area contributed by atoms with Crippen molar-refractivity contribution in [3.8, 4) is 0 Å². The number of epoxide rings is 1. The Kier molecular flexibility index (Phi) is 4.86. The third-order valence-electron chi connectivity index (χ3n) is 2.66. The average molecular weight is 216 g/mol. The summed E-state index contributed by atoms with van der Waals surface area (Å²) in [6.45, 7) is 3.82. The molecule has 0 saturated carbocycles. The number of hydrogen-bond acceptors (Lipinski definition) is 4. The zero-order chi connectivity index (χ0) is 10.3. The van der Waals surface area contributed by atoms with Gasteiger partial charge in [0.15, 0.2) is 6.29 Å². The summed E-state index contributed by atoms with van der Waals surface area (Å²) < 4.78 is 21.5. The maximum atomic E-state index is 5.53. The van der Waals surface area contributed by atoms with E-state index in [1.54, 1.807) is 0 Å². The van der Waals surface area contributed by atoms with Crippen LogP contribution in [0.5, 0.6) is 0 Å². The Morgan fingerprint density at radius 2 is 2.00 bits per heavy atom. The fraction of sp³-hybridized carbons (Fsp3) is 1.00. The van der Waals surface area contributed by atoms with Crippen molar-refractivity contribution in [2.75, 3.05) is 33.0 Å². The van der Waals surface area contributed by atoms with Gasteiger partial charge in [-0.15, -0.1) is 0 Å². The fourth-order valence-electron chi connectivity index (χ4n) is 1.63. The molecule has 0 N–H and O–H groups in total. The van der Waals surface area contributed by atoms with Crippen LogP contribution in [0.3, 0.4) is 0 Å². The molecule has 0 radical (unpaired) electrons. The number of ether oxygens (including phenoxy) is 4. The molecule has 0 aliphatic carbocycles. The molecule has 2 heterocycles. The van der Waals surface area contributed by atoms with Crippen LogP contribution in [-0.2, 0) is 18.9 Å². The molecule has 0 aromatic carbocycles. The second kappa shape index (κ2) is 6.43. The Balaban J connectivity index is 1.37. The normalized spacial score (nSPS) is 30.4. The van der Waals surface area contributed by atoms with Crippen LogP contribution in [0.15, 0.2) is 0 Å². The Morgan fingerprint density at radius 1 is 1.07 bits per heavy atom. The molecular formula is C11H20O4. The maximum Gasteiger partial charge on any atom is 0.157 e. The molecule has 0 bridgehead atoms. The van der Waals surface area contributed by atoms with E-state index in [0.717, 1.165) is 39.1 Å². The van der Waals surface area contributed by atoms with Gasteiger partial charge in [0, 0.05) is 13.2 Å². The van der Waals surface area contributed by atoms with Crippen molar-refractivity contribution in [2.45, 2.75) is 38.1 Å². The van der Waals surface area contributed by atoms with E-state index in [0.29, 0.717) is 19.3 Å². The highest BCUT2D eigenvalue weighted by atomic mass is 16.7. The highest BCUT2D eigenvalue weighted by Gasteiger charge is 2.21. The zero-order valence-corrected chi connectivity index (χ0v) is 9.15. The lowest BCUT2D eigenvalue weighted by molar-refractivity contribution is -0.169. The van der Waals surface area contributed by atoms with Crippen molar-refractivity contribution in [1.82, 2.24) is 0 Å². The number of hydrogen-bond donors (Lipinski definition) is 0. The van der Waals surface area contributed by atoms with E-state index in [2.05, 4.69) is 0 Å². The summed E-state index contributed by atoms with van der Waals surface area (Å²) in [5.74, 6) is 0. The molecule has 2 aliphatic heterocycles. The molecule has 88 valence electrons. The summed E-state index contributed by atoms with van der Waals surface area (Å²) in [7, 11) is 0. The summed E-state index contributed by atoms with van der Waals surface area (Å²) in [6, 6.07) is 0. The maximum absolute atomic E-state index is 5.53. The third-order valence-corrected chi connectivity index (χ3v) is 2.66. The van der Waals surface area contributed by atoms with Crippen LogP contribution < -0.4 is 0 Å². The Hall–Kier alpha value is -0.160. The summed E-state index contributed by atoms with van der Waals surface area (Å²) in [5.41, 5.74) is 0. The van der Waals surface area contributed by atoms with E-state index < -0.39 is 0 Å². The minimum Gasteiger partial charge on any atom is -0.379 e. The van der Waals surface area contributed by atoms with Crippen molar-refractivity contribution >= 4 is 0 Å². The molecule has 0 aromatic rings. The molecular weight excluding hydrogens is 196 g/mol. The van der Waals surface area contributed by atoms with Crippen LogP contribution in [-0.4, -0.2) is 45.4 Å². The SMILES string of the molecule is C1CCC(OCCOCCC2CO2)OC1. The van der Waals surface area contributed by atoms with Gasteiger partial charge in [0.2, 0.25) is 0 Å². The minimum absolute atomic E-state index is 0.00844. The second-order valence-corrected chi connectivity index (χ2v) is 4.02. The predicted octanol–water partition coefficient (Wildman–Crippen LogP) is 1.34. The van der Waals surface area contributed by atoms with Gasteiger partial charge in [0.25, 0.3) is 0 Å². The highest BCUT2D eigenvalue weighted by Crippen LogP contribution is 2.14. The third kappa shape index (κ3) is 4.93. The van der Waals surface area contributed by atoms with E-state index >= 15 is 0 Å². The van der Waals surface area contributed by atoms with Crippen molar-refractivity contribution in [2.24, 2.45) is 0 Å². The van der Waals surface area contributed by atoms with Crippen LogP contribution in [0.2, 0.25) is 0 Å². The molecule has 4 heteroatoms. The van der Waals surface area contributed by atoms with Crippen molar-refractivity contribution in [3.05, 3.63) is 0 Å². The molecule has 15 heavy (non-hydrogen) atoms. The molecule has 0 amide bonds. The van der Waals surface area contributed by atoms with Crippen molar-refractivity contribution < 1.29 is 18.9 Å². The Labute approximate surface area is 90.8 Å². The topological polar surface area (TPSA) is 40.2 Å². The minimum atomic E-state index is 0.00844. The Bertz CT molecular complexity index is 164. The molecule has 2 rings (SSSR count). The van der Waals surface area contributed by atoms with E-state index in [9.17, 15) is 0 Å². The zero-order valence-electron chi connectivity index (χ0n) is 9.15. The molecule has 2 atom stereocenters. The van der Waals surface area contributed by atoms with Gasteiger partial charge in [-0.05, 0) is 25.7 Å². The molecule has 4 nitrogen and oxygen atoms in total. The lowest BCUT2D eigenvalue weighted by atomic mass is 10.2. The van der Waals surface area contributed by atoms with Gasteiger partial charge in [-0.3, -0.25) is 0 Å². The lowest BCUT2D eigenvalue weighted by Crippen LogP contribution is -2.24. The van der Waals surface area contributed by atoms with Crippen LogP contribution in [0.4, 0.5) is 0 Å². The van der Waals surface area contributed by atoms with E-state index in [1.165, 1.54) is 6.42 Å². The summed E-state index contributed by atoms with van der Waals surface area (Å²) in [4.78, 5) is 0. The van der Waals surface area contributed by atoms with Crippen LogP contribution in [0.1, 0.15) is 25.7 Å². The first-order chi connectivity index (χ1) is 7.45. The molecule has 2 saturated heterocycles. The van der Waals surface area contributed by atoms with Gasteiger partial charge >= 0.3 is 0 Å². The quantitative estimate of drug-likeness (QED) is 0.475. The van der Waals surface area contributed by atoms with Gasteiger partial charge in [-0.1, -0.05) is 0 Å². The van der Waals surface area contributed by atoms with Gasteiger partial charge in [0.1, 0.15) is 0 Å². The van der Waals surface area contributed by atoms with Crippen molar-refractivity contribution in [3.63, 3.8) is 0 Å². The van der Waals surface area contributed by atoms with E-state index in [4.69, 9.17) is 18.9 Å². The second-order valence-electron chi connectivity index (χ2n) is 4.02. The largest absolute Gasteiger partial charge is 0.379 e. The highest BCUT2D eigenvalue weighted by molar-refractivity contribution is 4.67. The van der Waals surface area contributed by atoms with Crippen LogP contribution >= 0.6 is 0 Å². The van der Waals surface area contributed by atoms with Crippen LogP contribution in [0.25, 0.3) is 0 Å². The molecule has 0 spiro atoms. The van der Waals surface area contributed by atoms with Gasteiger partial charge in [-0.2, -0.15) is 0 Å². The van der Waals surface area contributed by atoms with E-state index in [1.807, 2.05) is 0 Å². The van der Waals surface area contributed by atoms with Crippen LogP contribution in [0, 0.1) is 0 Å². The summed E-state index contributed by atoms with van der Waals surface area (Å²) in [5, 5.41) is 0. The first kappa shape index (κ1) is 11.3. The molecule has 2 fully saturated rings. The number of rotatable bonds is 7. The van der Waals surface area contributed by atoms with Gasteiger partial charge in [0.05, 0.1) is 25.9 Å². The van der Waals surface area contributed by atoms with E-state index in [-0.39, 0.29) is 6.29 Å². The predicted molar refractivity (Wildman–Crippen MR) is 54.7 cm³/mol. The van der Waals surface area contributed by atoms with Gasteiger partial charge in [-0.25, -0.2) is 0 Å². The first-order valence-corrected chi connectivity index (χ1v) is 5.88.